The molecule has 2 N–H and O–H groups in total. The molecule has 204 valence electrons. The number of unbranched alkanes of at least 4 members (excludes halogenated alkanes) is 1. The van der Waals surface area contributed by atoms with Crippen LogP contribution in [0.3, 0.4) is 0 Å². The number of fused-ring (bicyclic) bond motifs is 1. The normalized spacial score (nSPS) is 24.8. The van der Waals surface area contributed by atoms with E-state index in [9.17, 15) is 14.3 Å². The molecule has 1 spiro atoms. The number of hydrogen-bond donors (Lipinski definition) is 2. The fraction of sp³-hybridized carbons (Fsp3) is 0.600. The van der Waals surface area contributed by atoms with E-state index in [0.717, 1.165) is 81.4 Å². The number of likely N-dealkylation sites (tertiary alicyclic amines) is 1. The summed E-state index contributed by atoms with van der Waals surface area (Å²) in [5.41, 5.74) is 4.01. The van der Waals surface area contributed by atoms with Crippen molar-refractivity contribution in [1.29, 1.82) is 0 Å². The molecule has 1 aromatic heterocycles. The second-order valence-electron chi connectivity index (χ2n) is 11.6. The van der Waals surface area contributed by atoms with Crippen LogP contribution < -0.4 is 5.32 Å². The molecular formula is C30H38FN3O4. The number of halogens is 1. The summed E-state index contributed by atoms with van der Waals surface area (Å²) >= 11 is 0. The molecule has 0 radical (unpaired) electrons. The maximum atomic E-state index is 14.3. The summed E-state index contributed by atoms with van der Waals surface area (Å²) in [5.74, 6) is -0.328. The number of nitrogens with zero attached hydrogens (tertiary/aromatic N) is 2. The Morgan fingerprint density at radius 2 is 2.18 bits per heavy atom. The number of benzene rings is 1. The highest BCUT2D eigenvalue weighted by atomic mass is 19.1. The van der Waals surface area contributed by atoms with E-state index in [1.807, 2.05) is 4.90 Å². The predicted octanol–water partition coefficient (Wildman–Crippen LogP) is 5.06. The van der Waals surface area contributed by atoms with Crippen LogP contribution in [0.4, 0.5) is 10.2 Å². The molecule has 6 rings (SSSR count). The lowest BCUT2D eigenvalue weighted by Gasteiger charge is -2.28. The zero-order valence-corrected chi connectivity index (χ0v) is 22.0. The van der Waals surface area contributed by atoms with Crippen LogP contribution in [0.25, 0.3) is 0 Å². The standard InChI is InChI=1S/C30H38FN3O4/c31-21-7-9-24(26-17-30(11-12-30)19-38-26)25(16-21)27(29(35)36)34-14-10-23(18-34)37-15-2-1-5-22-8-6-20-4-3-13-32-28(20)33-22/h6-9,16,23,26-27H,1-5,10-15,17-19H2,(H,32,33)(H,35,36)/t23-,26?,27-/m1/s1. The lowest BCUT2D eigenvalue weighted by atomic mass is 9.91. The second kappa shape index (κ2) is 10.9. The Bertz CT molecular complexity index is 1170. The van der Waals surface area contributed by atoms with Crippen LogP contribution in [-0.4, -0.2) is 59.9 Å². The third-order valence-electron chi connectivity index (χ3n) is 8.76. The average molecular weight is 524 g/mol. The smallest absolute Gasteiger partial charge is 0.325 e. The van der Waals surface area contributed by atoms with Gasteiger partial charge in [0.2, 0.25) is 0 Å². The van der Waals surface area contributed by atoms with Crippen molar-refractivity contribution in [2.24, 2.45) is 5.41 Å². The van der Waals surface area contributed by atoms with Crippen molar-refractivity contribution in [3.05, 3.63) is 58.5 Å². The molecule has 7 nitrogen and oxygen atoms in total. The molecule has 0 amide bonds. The minimum Gasteiger partial charge on any atom is -0.480 e. The summed E-state index contributed by atoms with van der Waals surface area (Å²) in [6.45, 7) is 3.49. The molecule has 1 aromatic carbocycles. The average Bonchev–Trinajstić information content (AvgIpc) is 3.30. The highest BCUT2D eigenvalue weighted by Gasteiger charge is 2.50. The number of ether oxygens (including phenoxy) is 2. The van der Waals surface area contributed by atoms with Gasteiger partial charge in [0.15, 0.2) is 0 Å². The molecule has 0 bridgehead atoms. The van der Waals surface area contributed by atoms with Gasteiger partial charge in [-0.3, -0.25) is 9.69 Å². The Hall–Kier alpha value is -2.55. The van der Waals surface area contributed by atoms with Crippen molar-refractivity contribution in [3.63, 3.8) is 0 Å². The van der Waals surface area contributed by atoms with Crippen molar-refractivity contribution in [2.45, 2.75) is 76.0 Å². The number of carbonyl (C=O) groups is 1. The van der Waals surface area contributed by atoms with Crippen molar-refractivity contribution < 1.29 is 23.8 Å². The van der Waals surface area contributed by atoms with E-state index in [2.05, 4.69) is 17.4 Å². The largest absolute Gasteiger partial charge is 0.480 e. The third kappa shape index (κ3) is 5.58. The first-order chi connectivity index (χ1) is 18.5. The van der Waals surface area contributed by atoms with Crippen molar-refractivity contribution >= 4 is 11.8 Å². The van der Waals surface area contributed by atoms with E-state index in [0.29, 0.717) is 31.9 Å². The van der Waals surface area contributed by atoms with Gasteiger partial charge in [-0.05, 0) is 98.1 Å². The molecule has 8 heteroatoms. The molecule has 3 atom stereocenters. The van der Waals surface area contributed by atoms with Gasteiger partial charge in [0.05, 0.1) is 18.8 Å². The minimum atomic E-state index is -0.955. The van der Waals surface area contributed by atoms with Crippen LogP contribution in [-0.2, 0) is 27.1 Å². The van der Waals surface area contributed by atoms with Crippen LogP contribution in [0.5, 0.6) is 0 Å². The second-order valence-corrected chi connectivity index (χ2v) is 11.6. The summed E-state index contributed by atoms with van der Waals surface area (Å²) < 4.78 is 26.6. The van der Waals surface area contributed by atoms with Gasteiger partial charge in [-0.15, -0.1) is 0 Å². The number of anilines is 1. The number of rotatable bonds is 10. The number of carboxylic acids is 1. The number of hydrogen-bond acceptors (Lipinski definition) is 6. The molecule has 1 saturated carbocycles. The molecular weight excluding hydrogens is 485 g/mol. The van der Waals surface area contributed by atoms with Gasteiger partial charge >= 0.3 is 5.97 Å². The zero-order valence-electron chi connectivity index (χ0n) is 22.0. The van der Waals surface area contributed by atoms with E-state index >= 15 is 0 Å². The Kier molecular flexibility index (Phi) is 7.38. The van der Waals surface area contributed by atoms with Gasteiger partial charge in [0.1, 0.15) is 17.7 Å². The number of nitrogens with one attached hydrogen (secondary N) is 1. The summed E-state index contributed by atoms with van der Waals surface area (Å²) in [4.78, 5) is 19.2. The Balaban J connectivity index is 1.02. The molecule has 38 heavy (non-hydrogen) atoms. The fourth-order valence-electron chi connectivity index (χ4n) is 6.37. The summed E-state index contributed by atoms with van der Waals surface area (Å²) in [7, 11) is 0. The molecule has 4 aliphatic rings. The molecule has 1 aliphatic carbocycles. The first-order valence-electron chi connectivity index (χ1n) is 14.2. The van der Waals surface area contributed by atoms with E-state index < -0.39 is 17.8 Å². The SMILES string of the molecule is O=C(O)[C@@H](c1cc(F)ccc1C1CC2(CC2)CO1)N1CC[C@@H](OCCCCc2ccc3c(n2)NCCC3)C1. The minimum absolute atomic E-state index is 0.0163. The highest BCUT2D eigenvalue weighted by molar-refractivity contribution is 5.76. The number of aromatic nitrogens is 1. The number of carboxylic acid groups (broad SMARTS) is 1. The maximum absolute atomic E-state index is 14.3. The van der Waals surface area contributed by atoms with Gasteiger partial charge in [-0.1, -0.05) is 12.1 Å². The monoisotopic (exact) mass is 523 g/mol. The number of aryl methyl sites for hydroxylation is 2. The van der Waals surface area contributed by atoms with E-state index in [1.54, 1.807) is 6.07 Å². The summed E-state index contributed by atoms with van der Waals surface area (Å²) in [5, 5.41) is 13.6. The van der Waals surface area contributed by atoms with Crippen molar-refractivity contribution in [1.82, 2.24) is 9.88 Å². The van der Waals surface area contributed by atoms with Gasteiger partial charge in [-0.2, -0.15) is 0 Å². The molecule has 4 heterocycles. The Morgan fingerprint density at radius 1 is 1.29 bits per heavy atom. The first-order valence-corrected chi connectivity index (χ1v) is 14.2. The van der Waals surface area contributed by atoms with Crippen LogP contribution in [0.2, 0.25) is 0 Å². The topological polar surface area (TPSA) is 83.9 Å². The van der Waals surface area contributed by atoms with Gasteiger partial charge in [0, 0.05) is 31.9 Å². The number of aliphatic carboxylic acids is 1. The van der Waals surface area contributed by atoms with E-state index in [1.165, 1.54) is 17.7 Å². The molecule has 2 aromatic rings. The van der Waals surface area contributed by atoms with Crippen LogP contribution in [0.1, 0.15) is 79.5 Å². The molecule has 3 fully saturated rings. The first kappa shape index (κ1) is 25.7. The zero-order chi connectivity index (χ0) is 26.1. The van der Waals surface area contributed by atoms with Crippen LogP contribution in [0.15, 0.2) is 30.3 Å². The fourth-order valence-corrected chi connectivity index (χ4v) is 6.37. The summed E-state index contributed by atoms with van der Waals surface area (Å²) in [6, 6.07) is 7.97. The predicted molar refractivity (Wildman–Crippen MR) is 142 cm³/mol. The maximum Gasteiger partial charge on any atom is 0.325 e. The van der Waals surface area contributed by atoms with Gasteiger partial charge in [-0.25, -0.2) is 9.37 Å². The lowest BCUT2D eigenvalue weighted by Crippen LogP contribution is -2.34. The van der Waals surface area contributed by atoms with Crippen LogP contribution in [0, 0.1) is 11.2 Å². The third-order valence-corrected chi connectivity index (χ3v) is 8.76. The van der Waals surface area contributed by atoms with Crippen molar-refractivity contribution in [2.75, 3.05) is 38.2 Å². The van der Waals surface area contributed by atoms with Crippen molar-refractivity contribution in [3.8, 4) is 0 Å². The lowest BCUT2D eigenvalue weighted by molar-refractivity contribution is -0.143. The highest BCUT2D eigenvalue weighted by Crippen LogP contribution is 2.58. The molecule has 2 saturated heterocycles. The quantitative estimate of drug-likeness (QED) is 0.421. The molecule has 3 aliphatic heterocycles. The van der Waals surface area contributed by atoms with E-state index in [4.69, 9.17) is 14.5 Å². The number of pyridine rings is 1. The molecule has 1 unspecified atom stereocenters. The Labute approximate surface area is 223 Å². The summed E-state index contributed by atoms with van der Waals surface area (Å²) in [6.07, 6.45) is 8.91. The van der Waals surface area contributed by atoms with Gasteiger partial charge in [0.25, 0.3) is 0 Å². The van der Waals surface area contributed by atoms with E-state index in [-0.39, 0.29) is 17.6 Å². The Morgan fingerprint density at radius 3 is 3.00 bits per heavy atom. The van der Waals surface area contributed by atoms with Crippen LogP contribution >= 0.6 is 0 Å². The van der Waals surface area contributed by atoms with Gasteiger partial charge < -0.3 is 19.9 Å².